The first-order valence-electron chi connectivity index (χ1n) is 13.2. The summed E-state index contributed by atoms with van der Waals surface area (Å²) in [5.74, 6) is -3.61. The van der Waals surface area contributed by atoms with Crippen molar-refractivity contribution in [2.75, 3.05) is 0 Å². The summed E-state index contributed by atoms with van der Waals surface area (Å²) < 4.78 is 65.2. The Morgan fingerprint density at radius 2 is 1.85 bits per heavy atom. The molecule has 0 bridgehead atoms. The lowest BCUT2D eigenvalue weighted by molar-refractivity contribution is -0.144. The summed E-state index contributed by atoms with van der Waals surface area (Å²) in [4.78, 5) is 37.9. The molecule has 2 amide bonds. The van der Waals surface area contributed by atoms with Crippen molar-refractivity contribution in [3.8, 4) is 0 Å². The van der Waals surface area contributed by atoms with Gasteiger partial charge in [-0.25, -0.2) is 18.7 Å². The zero-order valence-electron chi connectivity index (χ0n) is 22.4. The highest BCUT2D eigenvalue weighted by Gasteiger charge is 2.40. The van der Waals surface area contributed by atoms with Crippen molar-refractivity contribution < 1.29 is 31.5 Å². The van der Waals surface area contributed by atoms with Gasteiger partial charge in [0.15, 0.2) is 0 Å². The Morgan fingerprint density at radius 1 is 1.15 bits per heavy atom. The number of aromatic nitrogens is 3. The Balaban J connectivity index is 1.57. The third kappa shape index (κ3) is 7.35. The van der Waals surface area contributed by atoms with Crippen molar-refractivity contribution in [3.63, 3.8) is 0 Å². The van der Waals surface area contributed by atoms with E-state index in [1.54, 1.807) is 30.6 Å². The van der Waals surface area contributed by atoms with Crippen molar-refractivity contribution in [2.45, 2.75) is 89.4 Å². The van der Waals surface area contributed by atoms with E-state index in [0.29, 0.717) is 33.0 Å². The molecule has 1 saturated carbocycles. The largest absolute Gasteiger partial charge is 0.389 e. The fraction of sp³-hybridized carbons (Fsp3) is 0.556. The number of benzene rings is 1. The summed E-state index contributed by atoms with van der Waals surface area (Å²) in [5.41, 5.74) is 4.07. The number of H-pyrrole nitrogens is 1. The van der Waals surface area contributed by atoms with Crippen LogP contribution in [0.2, 0.25) is 0 Å². The number of imidazole rings is 1. The molecular weight excluding hydrogens is 553 g/mol. The van der Waals surface area contributed by atoms with Crippen LogP contribution >= 0.6 is 11.3 Å². The van der Waals surface area contributed by atoms with Crippen molar-refractivity contribution >= 4 is 34.2 Å². The fourth-order valence-electron chi connectivity index (χ4n) is 4.96. The lowest BCUT2D eigenvalue weighted by Gasteiger charge is -2.33. The molecule has 0 radical (unpaired) electrons. The Hall–Kier alpha value is -3.09. The van der Waals surface area contributed by atoms with Gasteiger partial charge in [-0.1, -0.05) is 19.9 Å². The Bertz CT molecular complexity index is 1340. The molecule has 13 heteroatoms. The van der Waals surface area contributed by atoms with Crippen LogP contribution in [0.4, 0.5) is 22.0 Å². The smallest absolute Gasteiger partial charge is 0.350 e. The van der Waals surface area contributed by atoms with Crippen LogP contribution in [0.5, 0.6) is 0 Å². The number of nitrogens with zero attached hydrogens (tertiary/aromatic N) is 2. The van der Waals surface area contributed by atoms with E-state index in [1.165, 1.54) is 11.3 Å². The normalized spacial score (nSPS) is 17.6. The van der Waals surface area contributed by atoms with Crippen LogP contribution in [-0.4, -0.2) is 38.9 Å². The third-order valence-corrected chi connectivity index (χ3v) is 8.04. The number of fused-ring (bicyclic) bond motifs is 1. The summed E-state index contributed by atoms with van der Waals surface area (Å²) in [5, 5.41) is 5.60. The average Bonchev–Trinajstić information content (AvgIpc) is 3.53. The monoisotopic (exact) mass is 585 g/mol. The fourth-order valence-corrected chi connectivity index (χ4v) is 5.81. The molecule has 3 aromatic rings. The van der Waals surface area contributed by atoms with Crippen molar-refractivity contribution in [3.05, 3.63) is 45.7 Å². The number of nitrogens with one attached hydrogen (secondary N) is 3. The highest BCUT2D eigenvalue weighted by molar-refractivity contribution is 7.11. The van der Waals surface area contributed by atoms with E-state index in [0.717, 1.165) is 0 Å². The number of carbonyl (C=O) groups excluding carboxylic acids is 2. The lowest BCUT2D eigenvalue weighted by atomic mass is 9.81. The molecule has 40 heavy (non-hydrogen) atoms. The maximum absolute atomic E-state index is 14.0. The first-order valence-corrected chi connectivity index (χ1v) is 14.1. The number of aromatic amines is 1. The minimum Gasteiger partial charge on any atom is -0.350 e. The van der Waals surface area contributed by atoms with Crippen molar-refractivity contribution in [1.29, 1.82) is 0 Å². The number of thiazole rings is 1. The van der Waals surface area contributed by atoms with E-state index in [-0.39, 0.29) is 43.4 Å². The minimum atomic E-state index is -4.41. The summed E-state index contributed by atoms with van der Waals surface area (Å²) in [7, 11) is 0. The molecule has 1 aromatic carbocycles. The quantitative estimate of drug-likeness (QED) is 0.237. The predicted octanol–water partition coefficient (Wildman–Crippen LogP) is 6.96. The number of hydrogen-bond donors (Lipinski definition) is 3. The second-order valence-corrected chi connectivity index (χ2v) is 11.5. The minimum absolute atomic E-state index is 0.0272. The van der Waals surface area contributed by atoms with E-state index in [9.17, 15) is 31.5 Å². The molecule has 3 N–H and O–H groups in total. The molecule has 2 aromatic heterocycles. The molecule has 0 spiro atoms. The van der Waals surface area contributed by atoms with Gasteiger partial charge in [0.25, 0.3) is 5.91 Å². The molecule has 4 rings (SSSR count). The second kappa shape index (κ2) is 11.8. The van der Waals surface area contributed by atoms with Crippen molar-refractivity contribution in [2.24, 2.45) is 5.92 Å². The van der Waals surface area contributed by atoms with E-state index in [2.05, 4.69) is 25.6 Å². The molecule has 2 atom stereocenters. The molecule has 1 aliphatic rings. The Labute approximate surface area is 232 Å². The molecule has 2 heterocycles. The molecule has 7 nitrogen and oxygen atoms in total. The van der Waals surface area contributed by atoms with Crippen LogP contribution in [-0.2, 0) is 4.79 Å². The topological polar surface area (TPSA) is 99.8 Å². The molecule has 218 valence electrons. The van der Waals surface area contributed by atoms with Gasteiger partial charge in [-0.05, 0) is 49.3 Å². The SMILES string of the molecule is CC(C)c1ncsc1C(=O)N[C@H](c1nc2ccc([C@@H](C)NC(=O)CCC(F)(F)F)cc2[nH]1)C1CCC(F)(F)CC1. The molecule has 0 aliphatic heterocycles. The summed E-state index contributed by atoms with van der Waals surface area (Å²) in [6, 6.07) is 3.93. The van der Waals surface area contributed by atoms with Gasteiger partial charge in [-0.3, -0.25) is 9.59 Å². The predicted molar refractivity (Wildman–Crippen MR) is 141 cm³/mol. The Kier molecular flexibility index (Phi) is 8.81. The molecule has 0 saturated heterocycles. The number of amides is 2. The molecule has 0 unspecified atom stereocenters. The zero-order chi connectivity index (χ0) is 29.2. The van der Waals surface area contributed by atoms with Crippen LogP contribution in [0.15, 0.2) is 23.7 Å². The van der Waals surface area contributed by atoms with Gasteiger partial charge in [0.2, 0.25) is 11.8 Å². The first-order chi connectivity index (χ1) is 18.7. The number of halogens is 5. The van der Waals surface area contributed by atoms with Crippen LogP contribution in [0.25, 0.3) is 11.0 Å². The maximum Gasteiger partial charge on any atom is 0.389 e. The average molecular weight is 586 g/mol. The van der Waals surface area contributed by atoms with Gasteiger partial charge in [0.1, 0.15) is 10.7 Å². The lowest BCUT2D eigenvalue weighted by Crippen LogP contribution is -2.37. The van der Waals surface area contributed by atoms with Crippen molar-refractivity contribution in [1.82, 2.24) is 25.6 Å². The number of alkyl halides is 5. The maximum atomic E-state index is 14.0. The second-order valence-electron chi connectivity index (χ2n) is 10.7. The van der Waals surface area contributed by atoms with E-state index < -0.39 is 42.9 Å². The summed E-state index contributed by atoms with van der Waals surface area (Å²) >= 11 is 1.22. The summed E-state index contributed by atoms with van der Waals surface area (Å²) in [6.45, 7) is 5.53. The van der Waals surface area contributed by atoms with Gasteiger partial charge in [0.05, 0.1) is 40.7 Å². The highest BCUT2D eigenvalue weighted by Crippen LogP contribution is 2.41. The van der Waals surface area contributed by atoms with Crippen LogP contribution in [0.3, 0.4) is 0 Å². The van der Waals surface area contributed by atoms with Gasteiger partial charge in [-0.15, -0.1) is 11.3 Å². The first kappa shape index (κ1) is 29.9. The van der Waals surface area contributed by atoms with Gasteiger partial charge in [0, 0.05) is 19.3 Å². The van der Waals surface area contributed by atoms with Gasteiger partial charge in [-0.2, -0.15) is 13.2 Å². The van der Waals surface area contributed by atoms with E-state index in [4.69, 9.17) is 0 Å². The molecule has 1 fully saturated rings. The van der Waals surface area contributed by atoms with Gasteiger partial charge >= 0.3 is 6.18 Å². The van der Waals surface area contributed by atoms with E-state index in [1.807, 2.05) is 13.8 Å². The highest BCUT2D eigenvalue weighted by atomic mass is 32.1. The zero-order valence-corrected chi connectivity index (χ0v) is 23.2. The van der Waals surface area contributed by atoms with Crippen LogP contribution < -0.4 is 10.6 Å². The standard InChI is InChI=1S/C27H32F5N5O2S/c1-14(2)21-23(40-13-33-21)25(39)37-22(16-6-9-26(28,29)10-7-16)24-35-18-5-4-17(12-19(18)36-24)15(3)34-20(38)8-11-27(30,31)32/h4-5,12-16,22H,6-11H2,1-3H3,(H,34,38)(H,35,36)(H,37,39)/t15-,22+/m1/s1. The van der Waals surface area contributed by atoms with Gasteiger partial charge < -0.3 is 15.6 Å². The van der Waals surface area contributed by atoms with Crippen LogP contribution in [0, 0.1) is 5.92 Å². The van der Waals surface area contributed by atoms with E-state index >= 15 is 0 Å². The third-order valence-electron chi connectivity index (χ3n) is 7.20. The number of hydrogen-bond acceptors (Lipinski definition) is 5. The summed E-state index contributed by atoms with van der Waals surface area (Å²) in [6.07, 6.45) is -6.42. The van der Waals surface area contributed by atoms with Crippen LogP contribution in [0.1, 0.15) is 104 Å². The number of carbonyl (C=O) groups is 2. The Morgan fingerprint density at radius 3 is 2.50 bits per heavy atom. The number of rotatable bonds is 9. The molecular formula is C27H32F5N5O2S. The molecule has 1 aliphatic carbocycles.